The summed E-state index contributed by atoms with van der Waals surface area (Å²) >= 11 is 0. The topological polar surface area (TPSA) is 43.4 Å². The molecule has 3 nitrogen and oxygen atoms in total. The summed E-state index contributed by atoms with van der Waals surface area (Å²) in [6, 6.07) is 0. The van der Waals surface area contributed by atoms with Crippen molar-refractivity contribution < 1.29 is 14.3 Å². The van der Waals surface area contributed by atoms with Crippen molar-refractivity contribution in [1.82, 2.24) is 0 Å². The highest BCUT2D eigenvalue weighted by Crippen LogP contribution is 2.56. The fourth-order valence-electron chi connectivity index (χ4n) is 4.06. The van der Waals surface area contributed by atoms with Gasteiger partial charge in [0.1, 0.15) is 5.78 Å². The zero-order valence-electron chi connectivity index (χ0n) is 9.39. The maximum Gasteiger partial charge on any atom is 0.309 e. The first-order valence-corrected chi connectivity index (χ1v) is 6.01. The predicted molar refractivity (Wildman–Crippen MR) is 57.5 cm³/mol. The zero-order chi connectivity index (χ0) is 11.3. The lowest BCUT2D eigenvalue weighted by Gasteiger charge is -2.19. The normalized spacial score (nSPS) is 44.6. The molecule has 0 radical (unpaired) electrons. The molecule has 3 rings (SSSR count). The molecule has 0 bridgehead atoms. The number of carbonyl (C=O) groups is 2. The van der Waals surface area contributed by atoms with E-state index in [-0.39, 0.29) is 23.7 Å². The fourth-order valence-corrected chi connectivity index (χ4v) is 4.06. The van der Waals surface area contributed by atoms with Crippen LogP contribution >= 0.6 is 0 Å². The summed E-state index contributed by atoms with van der Waals surface area (Å²) in [6.07, 6.45) is 6.73. The summed E-state index contributed by atoms with van der Waals surface area (Å²) in [5.74, 6) is 1.20. The van der Waals surface area contributed by atoms with E-state index < -0.39 is 0 Å². The van der Waals surface area contributed by atoms with Crippen molar-refractivity contribution in [2.24, 2.45) is 29.6 Å². The molecular weight excluding hydrogens is 204 g/mol. The van der Waals surface area contributed by atoms with E-state index in [2.05, 4.69) is 12.2 Å². The molecule has 3 heteroatoms. The lowest BCUT2D eigenvalue weighted by atomic mass is 9.86. The number of allylic oxidation sites excluding steroid dienone is 2. The first kappa shape index (κ1) is 10.1. The molecule has 3 aliphatic rings. The van der Waals surface area contributed by atoms with Crippen molar-refractivity contribution in [3.8, 4) is 0 Å². The molecule has 0 amide bonds. The third-order valence-electron chi connectivity index (χ3n) is 4.63. The molecule has 0 saturated heterocycles. The highest BCUT2D eigenvalue weighted by atomic mass is 16.5. The summed E-state index contributed by atoms with van der Waals surface area (Å²) in [4.78, 5) is 23.7. The second-order valence-electron chi connectivity index (χ2n) is 5.15. The Morgan fingerprint density at radius 2 is 2.25 bits per heavy atom. The van der Waals surface area contributed by atoms with Crippen LogP contribution in [0.25, 0.3) is 0 Å². The molecule has 2 saturated carbocycles. The SMILES string of the molecule is COC(=O)[C@@H]1[C@@H]2CC=C[C@@H]2[C@H]2C(=O)CC[C@@H]12. The van der Waals surface area contributed by atoms with Crippen LogP contribution in [0.1, 0.15) is 19.3 Å². The molecule has 0 heterocycles. The molecule has 5 atom stereocenters. The van der Waals surface area contributed by atoms with Gasteiger partial charge in [-0.05, 0) is 30.6 Å². The minimum atomic E-state index is -0.110. The van der Waals surface area contributed by atoms with Crippen LogP contribution in [-0.4, -0.2) is 18.9 Å². The van der Waals surface area contributed by atoms with Crippen molar-refractivity contribution in [3.05, 3.63) is 12.2 Å². The van der Waals surface area contributed by atoms with Crippen molar-refractivity contribution in [1.29, 1.82) is 0 Å². The van der Waals surface area contributed by atoms with Crippen molar-refractivity contribution >= 4 is 11.8 Å². The molecule has 0 spiro atoms. The van der Waals surface area contributed by atoms with Crippen LogP contribution in [0.15, 0.2) is 12.2 Å². The monoisotopic (exact) mass is 220 g/mol. The summed E-state index contributed by atoms with van der Waals surface area (Å²) in [5.41, 5.74) is 0. The van der Waals surface area contributed by atoms with Gasteiger partial charge in [0, 0.05) is 12.3 Å². The van der Waals surface area contributed by atoms with Gasteiger partial charge in [-0.3, -0.25) is 9.59 Å². The van der Waals surface area contributed by atoms with Crippen LogP contribution in [0.3, 0.4) is 0 Å². The minimum Gasteiger partial charge on any atom is -0.469 e. The summed E-state index contributed by atoms with van der Waals surface area (Å²) in [7, 11) is 1.45. The number of hydrogen-bond acceptors (Lipinski definition) is 3. The lowest BCUT2D eigenvalue weighted by Crippen LogP contribution is -2.26. The molecule has 86 valence electrons. The van der Waals surface area contributed by atoms with Gasteiger partial charge in [-0.2, -0.15) is 0 Å². The van der Waals surface area contributed by atoms with E-state index >= 15 is 0 Å². The predicted octanol–water partition coefficient (Wildman–Crippen LogP) is 1.58. The number of carbonyl (C=O) groups excluding carboxylic acids is 2. The van der Waals surface area contributed by atoms with Gasteiger partial charge in [0.2, 0.25) is 0 Å². The Kier molecular flexibility index (Phi) is 2.16. The molecule has 0 aromatic rings. The largest absolute Gasteiger partial charge is 0.469 e. The maximum absolute atomic E-state index is 11.9. The van der Waals surface area contributed by atoms with Gasteiger partial charge in [-0.1, -0.05) is 12.2 Å². The van der Waals surface area contributed by atoms with Gasteiger partial charge in [0.05, 0.1) is 13.0 Å². The fraction of sp³-hybridized carbons (Fsp3) is 0.692. The van der Waals surface area contributed by atoms with E-state index in [1.54, 1.807) is 0 Å². The molecule has 16 heavy (non-hydrogen) atoms. The second kappa shape index (κ2) is 3.44. The zero-order valence-corrected chi connectivity index (χ0v) is 9.39. The molecule has 0 aliphatic heterocycles. The Balaban J connectivity index is 1.95. The van der Waals surface area contributed by atoms with Crippen LogP contribution in [0.5, 0.6) is 0 Å². The van der Waals surface area contributed by atoms with E-state index in [1.807, 2.05) is 0 Å². The number of fused-ring (bicyclic) bond motifs is 3. The Hall–Kier alpha value is -1.12. The van der Waals surface area contributed by atoms with Gasteiger partial charge >= 0.3 is 5.97 Å². The molecular formula is C13H16O3. The first-order valence-electron chi connectivity index (χ1n) is 6.01. The number of hydrogen-bond donors (Lipinski definition) is 0. The third kappa shape index (κ3) is 1.14. The summed E-state index contributed by atoms with van der Waals surface area (Å²) in [6.45, 7) is 0. The quantitative estimate of drug-likeness (QED) is 0.497. The highest BCUT2D eigenvalue weighted by Gasteiger charge is 2.58. The van der Waals surface area contributed by atoms with Crippen LogP contribution < -0.4 is 0 Å². The van der Waals surface area contributed by atoms with Crippen LogP contribution in [0, 0.1) is 29.6 Å². The van der Waals surface area contributed by atoms with E-state index in [1.165, 1.54) is 7.11 Å². The smallest absolute Gasteiger partial charge is 0.309 e. The third-order valence-corrected chi connectivity index (χ3v) is 4.63. The van der Waals surface area contributed by atoms with E-state index in [0.29, 0.717) is 24.0 Å². The first-order chi connectivity index (χ1) is 7.74. The van der Waals surface area contributed by atoms with Gasteiger partial charge in [-0.25, -0.2) is 0 Å². The number of methoxy groups -OCH3 is 1. The average molecular weight is 220 g/mol. The Bertz CT molecular complexity index is 371. The van der Waals surface area contributed by atoms with Crippen LogP contribution in [0.2, 0.25) is 0 Å². The van der Waals surface area contributed by atoms with Gasteiger partial charge in [0.25, 0.3) is 0 Å². The van der Waals surface area contributed by atoms with E-state index in [4.69, 9.17) is 4.74 Å². The number of rotatable bonds is 1. The standard InChI is InChI=1S/C13H16O3/c1-16-13(15)12-8-4-2-3-7(8)11-9(12)5-6-10(11)14/h2-3,7-9,11-12H,4-6H2,1H3/t7-,8+,9+,11+,12+/m0/s1. The number of Topliss-reactive ketones (excluding diaryl/α,β-unsaturated/α-hetero) is 1. The molecule has 0 unspecified atom stereocenters. The van der Waals surface area contributed by atoms with E-state index in [9.17, 15) is 9.59 Å². The summed E-state index contributed by atoms with van der Waals surface area (Å²) < 4.78 is 4.91. The average Bonchev–Trinajstić information content (AvgIpc) is 2.90. The minimum absolute atomic E-state index is 0.0403. The molecule has 0 aromatic heterocycles. The van der Waals surface area contributed by atoms with Crippen molar-refractivity contribution in [2.75, 3.05) is 7.11 Å². The summed E-state index contributed by atoms with van der Waals surface area (Å²) in [5, 5.41) is 0. The molecule has 0 aromatic carbocycles. The number of ether oxygens (including phenoxy) is 1. The van der Waals surface area contributed by atoms with Crippen LogP contribution in [-0.2, 0) is 14.3 Å². The van der Waals surface area contributed by atoms with Crippen LogP contribution in [0.4, 0.5) is 0 Å². The highest BCUT2D eigenvalue weighted by molar-refractivity contribution is 5.87. The maximum atomic E-state index is 11.9. The number of esters is 1. The van der Waals surface area contributed by atoms with Crippen molar-refractivity contribution in [3.63, 3.8) is 0 Å². The Labute approximate surface area is 94.8 Å². The number of ketones is 1. The Morgan fingerprint density at radius 1 is 1.44 bits per heavy atom. The van der Waals surface area contributed by atoms with Gasteiger partial charge in [-0.15, -0.1) is 0 Å². The molecule has 3 aliphatic carbocycles. The molecule has 0 N–H and O–H groups in total. The molecule has 2 fully saturated rings. The van der Waals surface area contributed by atoms with Gasteiger partial charge < -0.3 is 4.74 Å². The Morgan fingerprint density at radius 3 is 3.00 bits per heavy atom. The van der Waals surface area contributed by atoms with Crippen molar-refractivity contribution in [2.45, 2.75) is 19.3 Å². The van der Waals surface area contributed by atoms with E-state index in [0.717, 1.165) is 12.8 Å². The van der Waals surface area contributed by atoms with Gasteiger partial charge in [0.15, 0.2) is 0 Å². The lowest BCUT2D eigenvalue weighted by molar-refractivity contribution is -0.148. The second-order valence-corrected chi connectivity index (χ2v) is 5.15.